The Hall–Kier alpha value is -3.33. The lowest BCUT2D eigenvalue weighted by Crippen LogP contribution is -2.29. The largest absolute Gasteiger partial charge is 0.495 e. The summed E-state index contributed by atoms with van der Waals surface area (Å²) in [5.74, 6) is -1.86. The normalized spacial score (nSPS) is 10.0. The van der Waals surface area contributed by atoms with Crippen molar-refractivity contribution in [3.05, 3.63) is 51.5 Å². The van der Waals surface area contributed by atoms with Crippen LogP contribution < -0.4 is 21.1 Å². The van der Waals surface area contributed by atoms with E-state index in [4.69, 9.17) is 22.1 Å². The number of amides is 2. The van der Waals surface area contributed by atoms with Crippen LogP contribution in [0.25, 0.3) is 0 Å². The molecule has 4 N–H and O–H groups in total. The third kappa shape index (κ3) is 4.36. The van der Waals surface area contributed by atoms with Crippen LogP contribution in [0.2, 0.25) is 5.02 Å². The van der Waals surface area contributed by atoms with Crippen LogP contribution in [0.3, 0.4) is 0 Å². The van der Waals surface area contributed by atoms with Gasteiger partial charge >= 0.3 is 11.8 Å². The van der Waals surface area contributed by atoms with Crippen molar-refractivity contribution in [2.24, 2.45) is 0 Å². The second-order valence-corrected chi connectivity index (χ2v) is 5.19. The summed E-state index contributed by atoms with van der Waals surface area (Å²) in [6.07, 6.45) is 0. The Labute approximate surface area is 146 Å². The maximum atomic E-state index is 12.0. The van der Waals surface area contributed by atoms with Gasteiger partial charge in [0, 0.05) is 17.8 Å². The minimum Gasteiger partial charge on any atom is -0.495 e. The van der Waals surface area contributed by atoms with E-state index < -0.39 is 16.7 Å². The summed E-state index contributed by atoms with van der Waals surface area (Å²) in [6, 6.07) is 7.94. The number of rotatable bonds is 4. The zero-order chi connectivity index (χ0) is 18.6. The Morgan fingerprint density at radius 1 is 1.16 bits per heavy atom. The van der Waals surface area contributed by atoms with Gasteiger partial charge in [-0.3, -0.25) is 19.7 Å². The first-order valence-electron chi connectivity index (χ1n) is 6.81. The number of nitro benzene ring substituents is 1. The Morgan fingerprint density at radius 3 is 2.44 bits per heavy atom. The van der Waals surface area contributed by atoms with Crippen molar-refractivity contribution < 1.29 is 19.2 Å². The average molecular weight is 365 g/mol. The molecule has 2 aromatic carbocycles. The lowest BCUT2D eigenvalue weighted by molar-refractivity contribution is -0.384. The quantitative estimate of drug-likeness (QED) is 0.330. The maximum absolute atomic E-state index is 12.0. The molecule has 2 aromatic rings. The molecule has 0 aromatic heterocycles. The maximum Gasteiger partial charge on any atom is 0.314 e. The molecule has 0 aliphatic carbocycles. The molecule has 0 heterocycles. The fraction of sp³-hybridized carbons (Fsp3) is 0.0667. The monoisotopic (exact) mass is 364 g/mol. The van der Waals surface area contributed by atoms with Crippen LogP contribution in [0.15, 0.2) is 36.4 Å². The predicted molar refractivity (Wildman–Crippen MR) is 92.8 cm³/mol. The van der Waals surface area contributed by atoms with Crippen molar-refractivity contribution in [3.63, 3.8) is 0 Å². The molecule has 0 saturated heterocycles. The summed E-state index contributed by atoms with van der Waals surface area (Å²) < 4.78 is 5.01. The molecule has 0 unspecified atom stereocenters. The second kappa shape index (κ2) is 7.49. The Kier molecular flexibility index (Phi) is 5.40. The standard InChI is InChI=1S/C15H13ClN4O5/c1-25-13-5-3-9(20(23)24)7-12(13)19-15(22)14(21)18-8-2-4-11(17)10(16)6-8/h2-7H,17H2,1H3,(H,18,21)(H,19,22). The number of nitrogens with two attached hydrogens (primary N) is 1. The van der Waals surface area contributed by atoms with E-state index in [-0.39, 0.29) is 27.8 Å². The zero-order valence-corrected chi connectivity index (χ0v) is 13.7. The van der Waals surface area contributed by atoms with E-state index in [9.17, 15) is 19.7 Å². The number of hydrogen-bond donors (Lipinski definition) is 3. The third-order valence-corrected chi connectivity index (χ3v) is 3.43. The summed E-state index contributed by atoms with van der Waals surface area (Å²) in [5.41, 5.74) is 5.88. The first-order valence-corrected chi connectivity index (χ1v) is 7.19. The number of hydrogen-bond acceptors (Lipinski definition) is 6. The SMILES string of the molecule is COc1ccc([N+](=O)[O-])cc1NC(=O)C(=O)Nc1ccc(N)c(Cl)c1. The molecule has 0 aliphatic rings. The van der Waals surface area contributed by atoms with Crippen molar-refractivity contribution in [3.8, 4) is 5.75 Å². The molecular weight excluding hydrogens is 352 g/mol. The number of nitro groups is 1. The van der Waals surface area contributed by atoms with Crippen molar-refractivity contribution in [1.82, 2.24) is 0 Å². The molecule has 2 rings (SSSR count). The molecule has 130 valence electrons. The van der Waals surface area contributed by atoms with E-state index in [1.165, 1.54) is 37.4 Å². The molecule has 10 heteroatoms. The van der Waals surface area contributed by atoms with Crippen molar-refractivity contribution in [2.45, 2.75) is 0 Å². The molecule has 2 amide bonds. The summed E-state index contributed by atoms with van der Waals surface area (Å²) >= 11 is 5.84. The number of methoxy groups -OCH3 is 1. The van der Waals surface area contributed by atoms with Gasteiger partial charge in [0.25, 0.3) is 5.69 Å². The number of anilines is 3. The molecular formula is C15H13ClN4O5. The number of benzene rings is 2. The van der Waals surface area contributed by atoms with Crippen molar-refractivity contribution in [1.29, 1.82) is 0 Å². The highest BCUT2D eigenvalue weighted by Gasteiger charge is 2.18. The molecule has 9 nitrogen and oxygen atoms in total. The molecule has 25 heavy (non-hydrogen) atoms. The number of halogens is 1. The van der Waals surface area contributed by atoms with Crippen LogP contribution in [0.5, 0.6) is 5.75 Å². The molecule has 0 radical (unpaired) electrons. The molecule has 0 saturated carbocycles. The van der Waals surface area contributed by atoms with Gasteiger partial charge in [-0.05, 0) is 24.3 Å². The van der Waals surface area contributed by atoms with Gasteiger partial charge in [-0.2, -0.15) is 0 Å². The predicted octanol–water partition coefficient (Wildman–Crippen LogP) is 2.42. The van der Waals surface area contributed by atoms with E-state index in [0.717, 1.165) is 6.07 Å². The van der Waals surface area contributed by atoms with E-state index in [1.807, 2.05) is 0 Å². The van der Waals surface area contributed by atoms with Crippen molar-refractivity contribution >= 4 is 46.2 Å². The minimum atomic E-state index is -1.04. The van der Waals surface area contributed by atoms with Gasteiger partial charge in [0.2, 0.25) is 0 Å². The van der Waals surface area contributed by atoms with Crippen LogP contribution >= 0.6 is 11.6 Å². The molecule has 0 spiro atoms. The minimum absolute atomic E-state index is 0.00723. The second-order valence-electron chi connectivity index (χ2n) is 4.79. The number of carbonyl (C=O) groups is 2. The highest BCUT2D eigenvalue weighted by atomic mass is 35.5. The van der Waals surface area contributed by atoms with Gasteiger partial charge in [-0.25, -0.2) is 0 Å². The Morgan fingerprint density at radius 2 is 1.84 bits per heavy atom. The topological polar surface area (TPSA) is 137 Å². The number of nitrogens with zero attached hydrogens (tertiary/aromatic N) is 1. The molecule has 0 fully saturated rings. The van der Waals surface area contributed by atoms with Gasteiger partial charge < -0.3 is 21.1 Å². The van der Waals surface area contributed by atoms with Crippen LogP contribution in [-0.4, -0.2) is 23.8 Å². The molecule has 0 aliphatic heterocycles. The van der Waals surface area contributed by atoms with Gasteiger partial charge in [0.1, 0.15) is 5.75 Å². The smallest absolute Gasteiger partial charge is 0.314 e. The van der Waals surface area contributed by atoms with Gasteiger partial charge in [0.15, 0.2) is 0 Å². The van der Waals surface area contributed by atoms with Gasteiger partial charge in [-0.1, -0.05) is 11.6 Å². The zero-order valence-electron chi connectivity index (χ0n) is 12.9. The number of non-ortho nitro benzene ring substituents is 1. The number of carbonyl (C=O) groups excluding carboxylic acids is 2. The summed E-state index contributed by atoms with van der Waals surface area (Å²) in [4.78, 5) is 34.2. The fourth-order valence-corrected chi connectivity index (χ4v) is 2.06. The lowest BCUT2D eigenvalue weighted by Gasteiger charge is -2.10. The summed E-state index contributed by atoms with van der Waals surface area (Å²) in [6.45, 7) is 0. The Balaban J connectivity index is 2.15. The highest BCUT2D eigenvalue weighted by Crippen LogP contribution is 2.29. The van der Waals surface area contributed by atoms with Crippen LogP contribution in [0.1, 0.15) is 0 Å². The van der Waals surface area contributed by atoms with Crippen LogP contribution in [0, 0.1) is 10.1 Å². The lowest BCUT2D eigenvalue weighted by atomic mass is 10.2. The van der Waals surface area contributed by atoms with Crippen LogP contribution in [0.4, 0.5) is 22.7 Å². The number of ether oxygens (including phenoxy) is 1. The van der Waals surface area contributed by atoms with E-state index >= 15 is 0 Å². The first-order chi connectivity index (χ1) is 11.8. The summed E-state index contributed by atoms with van der Waals surface area (Å²) in [5, 5.41) is 15.6. The first kappa shape index (κ1) is 18.0. The Bertz CT molecular complexity index is 856. The van der Waals surface area contributed by atoms with Crippen molar-refractivity contribution in [2.75, 3.05) is 23.5 Å². The van der Waals surface area contributed by atoms with Gasteiger partial charge in [-0.15, -0.1) is 0 Å². The third-order valence-electron chi connectivity index (χ3n) is 3.11. The fourth-order valence-electron chi connectivity index (χ4n) is 1.88. The van der Waals surface area contributed by atoms with E-state index in [0.29, 0.717) is 5.69 Å². The van der Waals surface area contributed by atoms with E-state index in [1.54, 1.807) is 0 Å². The van der Waals surface area contributed by atoms with E-state index in [2.05, 4.69) is 10.6 Å². The molecule has 0 bridgehead atoms. The van der Waals surface area contributed by atoms with Gasteiger partial charge in [0.05, 0.1) is 28.4 Å². The highest BCUT2D eigenvalue weighted by molar-refractivity contribution is 6.44. The number of nitrogen functional groups attached to an aromatic ring is 1. The molecule has 0 atom stereocenters. The summed E-state index contributed by atoms with van der Waals surface area (Å²) in [7, 11) is 1.33. The average Bonchev–Trinajstić information content (AvgIpc) is 2.57. The number of nitrogens with one attached hydrogen (secondary N) is 2. The van der Waals surface area contributed by atoms with Crippen LogP contribution in [-0.2, 0) is 9.59 Å².